The summed E-state index contributed by atoms with van der Waals surface area (Å²) in [5, 5.41) is 29.6. The predicted octanol–water partition coefficient (Wildman–Crippen LogP) is 2.24. The number of nitrogens with one attached hydrogen (secondary N) is 1. The van der Waals surface area contributed by atoms with Gasteiger partial charge in [-0.1, -0.05) is 46.0 Å². The Kier molecular flexibility index (Phi) is 7.38. The largest absolute Gasteiger partial charge is 0.411 e. The van der Waals surface area contributed by atoms with Gasteiger partial charge in [0, 0.05) is 5.69 Å². The predicted molar refractivity (Wildman–Crippen MR) is 85.9 cm³/mol. The number of halogens is 3. The van der Waals surface area contributed by atoms with Gasteiger partial charge in [0.25, 0.3) is 5.91 Å². The van der Waals surface area contributed by atoms with E-state index in [0.717, 1.165) is 24.7 Å². The number of anilines is 1. The molecule has 0 bridgehead atoms. The van der Waals surface area contributed by atoms with E-state index in [-0.39, 0.29) is 0 Å². The minimum absolute atomic E-state index is 0.421. The van der Waals surface area contributed by atoms with Crippen molar-refractivity contribution in [1.82, 2.24) is 0 Å². The highest BCUT2D eigenvalue weighted by atomic mass is 35.6. The van der Waals surface area contributed by atoms with E-state index in [1.165, 1.54) is 17.5 Å². The van der Waals surface area contributed by atoms with Gasteiger partial charge in [-0.25, -0.2) is 0 Å². The first-order valence-corrected chi connectivity index (χ1v) is 7.40. The summed E-state index contributed by atoms with van der Waals surface area (Å²) in [7, 11) is 0. The molecule has 1 aromatic rings. The monoisotopic (exact) mass is 368 g/mol. The summed E-state index contributed by atoms with van der Waals surface area (Å²) in [6, 6.07) is 5.88. The van der Waals surface area contributed by atoms with Crippen molar-refractivity contribution < 1.29 is 20.2 Å². The Balaban J connectivity index is 0.000000295. The molecule has 0 fully saturated rings. The number of nitrogens with zero attached hydrogens (tertiary/aromatic N) is 1. The third-order valence-electron chi connectivity index (χ3n) is 2.83. The molecule has 1 amide bonds. The van der Waals surface area contributed by atoms with Gasteiger partial charge >= 0.3 is 0 Å². The van der Waals surface area contributed by atoms with Crippen molar-refractivity contribution in [2.75, 3.05) is 5.32 Å². The van der Waals surface area contributed by atoms with Crippen molar-refractivity contribution in [3.05, 3.63) is 29.3 Å². The summed E-state index contributed by atoms with van der Waals surface area (Å²) >= 11 is 14.7. The highest BCUT2D eigenvalue weighted by Crippen LogP contribution is 2.28. The molecule has 4 N–H and O–H groups in total. The molecule has 0 saturated heterocycles. The number of oxime groups is 1. The minimum atomic E-state index is -1.97. The summed E-state index contributed by atoms with van der Waals surface area (Å²) in [5.74, 6) is -0.421. The molecule has 1 aromatic carbocycles. The summed E-state index contributed by atoms with van der Waals surface area (Å²) in [6.07, 6.45) is 2.32. The molecule has 0 aliphatic heterocycles. The van der Waals surface area contributed by atoms with Crippen molar-refractivity contribution >= 4 is 52.6 Å². The van der Waals surface area contributed by atoms with E-state index in [1.54, 1.807) is 0 Å². The van der Waals surface area contributed by atoms with E-state index >= 15 is 0 Å². The van der Waals surface area contributed by atoms with Crippen molar-refractivity contribution in [2.24, 2.45) is 5.16 Å². The molecule has 0 aromatic heterocycles. The van der Waals surface area contributed by atoms with Gasteiger partial charge in [0.1, 0.15) is 6.21 Å². The number of rotatable bonds is 2. The topological polar surface area (TPSA) is 102 Å². The molecule has 0 spiro atoms. The number of hydrogen-bond acceptors (Lipinski definition) is 5. The van der Waals surface area contributed by atoms with Gasteiger partial charge in [-0.05, 0) is 42.5 Å². The van der Waals surface area contributed by atoms with E-state index in [1.807, 2.05) is 18.2 Å². The van der Waals surface area contributed by atoms with Crippen molar-refractivity contribution in [3.63, 3.8) is 0 Å². The Morgan fingerprint density at radius 3 is 2.41 bits per heavy atom. The molecule has 2 rings (SSSR count). The molecular weight excluding hydrogens is 355 g/mol. The number of aliphatic hydroxyl groups excluding tert-OH is 1. The van der Waals surface area contributed by atoms with Gasteiger partial charge in [-0.3, -0.25) is 4.79 Å². The van der Waals surface area contributed by atoms with Crippen LogP contribution >= 0.6 is 34.8 Å². The number of amides is 1. The number of fused-ring (bicyclic) bond motifs is 1. The zero-order valence-electron chi connectivity index (χ0n) is 11.3. The van der Waals surface area contributed by atoms with E-state index in [2.05, 4.69) is 10.5 Å². The number of carbonyl (C=O) groups excluding carboxylic acids is 1. The maximum absolute atomic E-state index is 11.1. The number of aryl methyl sites for hydroxylation is 2. The van der Waals surface area contributed by atoms with Crippen LogP contribution in [0.2, 0.25) is 0 Å². The van der Waals surface area contributed by atoms with Crippen LogP contribution < -0.4 is 5.32 Å². The average Bonchev–Trinajstić information content (AvgIpc) is 2.86. The van der Waals surface area contributed by atoms with E-state index in [4.69, 9.17) is 50.2 Å². The Hall–Kier alpha value is -1.05. The van der Waals surface area contributed by atoms with Gasteiger partial charge in [-0.15, -0.1) is 0 Å². The summed E-state index contributed by atoms with van der Waals surface area (Å²) in [5.41, 5.74) is 3.41. The molecule has 0 heterocycles. The molecule has 0 saturated carbocycles. The van der Waals surface area contributed by atoms with Crippen molar-refractivity contribution in [2.45, 2.75) is 29.3 Å². The highest BCUT2D eigenvalue weighted by molar-refractivity contribution is 6.67. The van der Waals surface area contributed by atoms with E-state index < -0.39 is 16.0 Å². The van der Waals surface area contributed by atoms with Gasteiger partial charge < -0.3 is 20.7 Å². The van der Waals surface area contributed by atoms with Gasteiger partial charge in [0.05, 0.1) is 0 Å². The Morgan fingerprint density at radius 2 is 1.86 bits per heavy atom. The lowest BCUT2D eigenvalue weighted by atomic mass is 10.1. The second kappa shape index (κ2) is 8.55. The summed E-state index contributed by atoms with van der Waals surface area (Å²) in [4.78, 5) is 11.1. The Morgan fingerprint density at radius 1 is 1.27 bits per heavy atom. The van der Waals surface area contributed by atoms with Crippen LogP contribution in [-0.2, 0) is 17.6 Å². The summed E-state index contributed by atoms with van der Waals surface area (Å²) in [6.45, 7) is 0. The fourth-order valence-electron chi connectivity index (χ4n) is 1.88. The number of aliphatic hydroxyl groups is 2. The normalized spacial score (nSPS) is 13.7. The van der Waals surface area contributed by atoms with Gasteiger partial charge in [0.15, 0.2) is 6.29 Å². The van der Waals surface area contributed by atoms with Gasteiger partial charge in [0.2, 0.25) is 3.79 Å². The van der Waals surface area contributed by atoms with Crippen LogP contribution in [0.15, 0.2) is 23.4 Å². The Labute approximate surface area is 142 Å². The van der Waals surface area contributed by atoms with Crippen LogP contribution in [0.5, 0.6) is 0 Å². The van der Waals surface area contributed by atoms with Crippen LogP contribution in [0, 0.1) is 0 Å². The Bertz CT molecular complexity index is 545. The van der Waals surface area contributed by atoms with Crippen LogP contribution in [0.25, 0.3) is 0 Å². The molecule has 0 radical (unpaired) electrons. The quantitative estimate of drug-likeness (QED) is 0.211. The second-order valence-corrected chi connectivity index (χ2v) is 6.86. The number of alkyl halides is 3. The molecule has 1 aliphatic carbocycles. The first kappa shape index (κ1) is 19.0. The first-order valence-electron chi connectivity index (χ1n) is 6.27. The van der Waals surface area contributed by atoms with E-state index in [9.17, 15) is 4.79 Å². The van der Waals surface area contributed by atoms with Crippen LogP contribution in [0.3, 0.4) is 0 Å². The SMILES string of the molecule is O=C(C=NO)Nc1ccc2c(c1)CCC2.OC(O)C(Cl)(Cl)Cl. The molecule has 22 heavy (non-hydrogen) atoms. The van der Waals surface area contributed by atoms with Crippen LogP contribution in [0.4, 0.5) is 5.69 Å². The molecule has 0 atom stereocenters. The van der Waals surface area contributed by atoms with Crippen LogP contribution in [0.1, 0.15) is 17.5 Å². The fourth-order valence-corrected chi connectivity index (χ4v) is 1.88. The number of hydrogen-bond donors (Lipinski definition) is 4. The number of benzene rings is 1. The summed E-state index contributed by atoms with van der Waals surface area (Å²) < 4.78 is -1.97. The fraction of sp³-hybridized carbons (Fsp3) is 0.385. The molecule has 122 valence electrons. The minimum Gasteiger partial charge on any atom is -0.411 e. The lowest BCUT2D eigenvalue weighted by Crippen LogP contribution is -2.23. The molecule has 9 heteroatoms. The van der Waals surface area contributed by atoms with E-state index in [0.29, 0.717) is 0 Å². The second-order valence-electron chi connectivity index (χ2n) is 4.49. The zero-order valence-corrected chi connectivity index (χ0v) is 13.6. The standard InChI is InChI=1S/C11H12N2O2.C2H3Cl3O2/c14-11(7-12-15)13-10-5-4-8-2-1-3-9(8)6-10;3-2(4,5)1(6)7/h4-7,15H,1-3H2,(H,13,14);1,6-7H. The third-order valence-corrected chi connectivity index (χ3v) is 3.42. The molecule has 0 unspecified atom stereocenters. The first-order chi connectivity index (χ1) is 10.2. The lowest BCUT2D eigenvalue weighted by molar-refractivity contribution is -0.110. The van der Waals surface area contributed by atoms with Gasteiger partial charge in [-0.2, -0.15) is 0 Å². The maximum atomic E-state index is 11.1. The molecular formula is C13H15Cl3N2O4. The van der Waals surface area contributed by atoms with Crippen molar-refractivity contribution in [3.8, 4) is 0 Å². The lowest BCUT2D eigenvalue weighted by Gasteiger charge is -2.10. The molecule has 1 aliphatic rings. The number of carbonyl (C=O) groups is 1. The molecule has 6 nitrogen and oxygen atoms in total. The highest BCUT2D eigenvalue weighted by Gasteiger charge is 2.28. The zero-order chi connectivity index (χ0) is 16.8. The maximum Gasteiger partial charge on any atom is 0.270 e. The average molecular weight is 370 g/mol. The van der Waals surface area contributed by atoms with Crippen molar-refractivity contribution in [1.29, 1.82) is 0 Å². The smallest absolute Gasteiger partial charge is 0.270 e. The third kappa shape index (κ3) is 6.37. The van der Waals surface area contributed by atoms with Crippen LogP contribution in [-0.4, -0.2) is 37.6 Å².